The lowest BCUT2D eigenvalue weighted by Gasteiger charge is -2.26. The first kappa shape index (κ1) is 22.0. The molecule has 0 aromatic heterocycles. The third kappa shape index (κ3) is 5.22. The first-order valence-corrected chi connectivity index (χ1v) is 8.28. The van der Waals surface area contributed by atoms with Gasteiger partial charge < -0.3 is 10.1 Å². The number of alkyl halides is 2. The Labute approximate surface area is 152 Å². The van der Waals surface area contributed by atoms with Gasteiger partial charge in [-0.1, -0.05) is 32.9 Å². The van der Waals surface area contributed by atoms with Crippen molar-refractivity contribution in [3.8, 4) is 0 Å². The number of benzene rings is 1. The summed E-state index contributed by atoms with van der Waals surface area (Å²) in [5, 5.41) is 2.40. The van der Waals surface area contributed by atoms with Crippen molar-refractivity contribution in [2.24, 2.45) is 5.41 Å². The van der Waals surface area contributed by atoms with Crippen molar-refractivity contribution in [2.75, 3.05) is 0 Å². The van der Waals surface area contributed by atoms with Gasteiger partial charge in [0.15, 0.2) is 0 Å². The van der Waals surface area contributed by atoms with Crippen LogP contribution in [0, 0.1) is 11.2 Å². The van der Waals surface area contributed by atoms with Gasteiger partial charge in [-0.3, -0.25) is 4.79 Å². The molecule has 1 unspecified atom stereocenters. The zero-order chi connectivity index (χ0) is 20.5. The largest absolute Gasteiger partial charge is 0.444 e. The third-order valence-corrected chi connectivity index (χ3v) is 3.53. The number of halogens is 3. The topological polar surface area (TPSA) is 55.4 Å². The van der Waals surface area contributed by atoms with Crippen molar-refractivity contribution in [1.82, 2.24) is 5.32 Å². The lowest BCUT2D eigenvalue weighted by Crippen LogP contribution is -2.37. The molecule has 0 heterocycles. The average molecular weight is 373 g/mol. The predicted molar refractivity (Wildman–Crippen MR) is 92.5 cm³/mol. The second-order valence-corrected chi connectivity index (χ2v) is 8.23. The summed E-state index contributed by atoms with van der Waals surface area (Å²) in [6.07, 6.45) is -0.799. The Balaban J connectivity index is 3.17. The van der Waals surface area contributed by atoms with Crippen LogP contribution in [0.2, 0.25) is 0 Å². The predicted octanol–water partition coefficient (Wildman–Crippen LogP) is 5.12. The summed E-state index contributed by atoms with van der Waals surface area (Å²) in [5.74, 6) is -6.59. The number of alkyl carbamates (subject to hydrolysis) is 1. The molecule has 0 aliphatic heterocycles. The Morgan fingerprint density at radius 1 is 1.08 bits per heavy atom. The van der Waals surface area contributed by atoms with Crippen molar-refractivity contribution in [3.05, 3.63) is 35.1 Å². The lowest BCUT2D eigenvalue weighted by molar-refractivity contribution is -0.153. The minimum absolute atomic E-state index is 0.158. The van der Waals surface area contributed by atoms with E-state index in [9.17, 15) is 22.8 Å². The third-order valence-electron chi connectivity index (χ3n) is 3.53. The summed E-state index contributed by atoms with van der Waals surface area (Å²) in [5.41, 5.74) is -3.26. The van der Waals surface area contributed by atoms with Gasteiger partial charge in [0.2, 0.25) is 5.78 Å². The molecule has 0 radical (unpaired) electrons. The number of carbonyl (C=O) groups excluding carboxylic acids is 2. The number of ketones is 1. The summed E-state index contributed by atoms with van der Waals surface area (Å²) < 4.78 is 48.9. The van der Waals surface area contributed by atoms with Crippen molar-refractivity contribution in [3.63, 3.8) is 0 Å². The van der Waals surface area contributed by atoms with E-state index in [0.717, 1.165) is 6.07 Å². The van der Waals surface area contributed by atoms with Gasteiger partial charge in [-0.05, 0) is 33.8 Å². The molecule has 7 heteroatoms. The summed E-state index contributed by atoms with van der Waals surface area (Å²) in [6, 6.07) is 2.46. The fraction of sp³-hybridized carbons (Fsp3) is 0.579. The Morgan fingerprint density at radius 3 is 2.08 bits per heavy atom. The Hall–Kier alpha value is -2.05. The molecule has 4 nitrogen and oxygen atoms in total. The van der Waals surface area contributed by atoms with Gasteiger partial charge in [0.1, 0.15) is 11.4 Å². The molecule has 0 aliphatic carbocycles. The van der Waals surface area contributed by atoms with Gasteiger partial charge in [0.25, 0.3) is 0 Å². The first-order chi connectivity index (χ1) is 11.6. The van der Waals surface area contributed by atoms with Gasteiger partial charge in [-0.25, -0.2) is 9.18 Å². The molecule has 0 aliphatic rings. The van der Waals surface area contributed by atoms with E-state index in [1.165, 1.54) is 39.8 Å². The number of rotatable bonds is 4. The Bertz CT molecular complexity index is 688. The molecule has 0 saturated carbocycles. The van der Waals surface area contributed by atoms with Crippen molar-refractivity contribution in [2.45, 2.75) is 66.0 Å². The highest BCUT2D eigenvalue weighted by atomic mass is 19.3. The molecule has 0 saturated heterocycles. The summed E-state index contributed by atoms with van der Waals surface area (Å²) in [7, 11) is 0. The maximum Gasteiger partial charge on any atom is 0.408 e. The fourth-order valence-corrected chi connectivity index (χ4v) is 2.28. The highest BCUT2D eigenvalue weighted by molar-refractivity contribution is 5.91. The maximum absolute atomic E-state index is 14.7. The Morgan fingerprint density at radius 2 is 1.62 bits per heavy atom. The molecular formula is C19H26F3NO3. The molecule has 0 spiro atoms. The number of carbonyl (C=O) groups is 2. The van der Waals surface area contributed by atoms with Crippen LogP contribution in [0.1, 0.15) is 65.6 Å². The molecule has 1 aromatic rings. The van der Waals surface area contributed by atoms with Crippen LogP contribution in [0.5, 0.6) is 0 Å². The summed E-state index contributed by atoms with van der Waals surface area (Å²) in [6.45, 7) is 10.5. The molecule has 146 valence electrons. The van der Waals surface area contributed by atoms with E-state index < -0.39 is 46.2 Å². The molecule has 0 bridgehead atoms. The van der Waals surface area contributed by atoms with Crippen LogP contribution in [0.15, 0.2) is 18.2 Å². The second kappa shape index (κ2) is 7.29. The molecule has 1 aromatic carbocycles. The van der Waals surface area contributed by atoms with E-state index in [1.807, 2.05) is 0 Å². The molecule has 1 atom stereocenters. The quantitative estimate of drug-likeness (QED) is 0.797. The van der Waals surface area contributed by atoms with E-state index >= 15 is 0 Å². The minimum atomic E-state index is -3.98. The van der Waals surface area contributed by atoms with Crippen molar-refractivity contribution < 1.29 is 27.5 Å². The monoisotopic (exact) mass is 373 g/mol. The van der Waals surface area contributed by atoms with Crippen LogP contribution in [-0.2, 0) is 15.5 Å². The van der Waals surface area contributed by atoms with E-state index in [-0.39, 0.29) is 5.56 Å². The average Bonchev–Trinajstić information content (AvgIpc) is 2.43. The normalized spacial score (nSPS) is 13.9. The van der Waals surface area contributed by atoms with Gasteiger partial charge in [-0.2, -0.15) is 8.78 Å². The number of Topliss-reactive ketones (excluding diaryl/α,β-unsaturated/α-hetero) is 1. The lowest BCUT2D eigenvalue weighted by atomic mass is 9.84. The highest BCUT2D eigenvalue weighted by Crippen LogP contribution is 2.38. The van der Waals surface area contributed by atoms with E-state index in [0.29, 0.717) is 0 Å². The zero-order valence-corrected chi connectivity index (χ0v) is 16.2. The van der Waals surface area contributed by atoms with Gasteiger partial charge in [0.05, 0.1) is 11.6 Å². The summed E-state index contributed by atoms with van der Waals surface area (Å²) >= 11 is 0. The van der Waals surface area contributed by atoms with E-state index in [4.69, 9.17) is 4.74 Å². The smallest absolute Gasteiger partial charge is 0.408 e. The van der Waals surface area contributed by atoms with Crippen LogP contribution in [0.3, 0.4) is 0 Å². The van der Waals surface area contributed by atoms with E-state index in [1.54, 1.807) is 20.8 Å². The van der Waals surface area contributed by atoms with Gasteiger partial charge >= 0.3 is 12.0 Å². The second-order valence-electron chi connectivity index (χ2n) is 8.23. The van der Waals surface area contributed by atoms with Gasteiger partial charge in [0, 0.05) is 11.0 Å². The van der Waals surface area contributed by atoms with Crippen LogP contribution >= 0.6 is 0 Å². The first-order valence-electron chi connectivity index (χ1n) is 8.28. The zero-order valence-electron chi connectivity index (χ0n) is 16.2. The van der Waals surface area contributed by atoms with Crippen molar-refractivity contribution >= 4 is 11.9 Å². The molecule has 26 heavy (non-hydrogen) atoms. The molecule has 1 rings (SSSR count). The molecule has 1 N–H and O–H groups in total. The van der Waals surface area contributed by atoms with Crippen LogP contribution in [0.25, 0.3) is 0 Å². The van der Waals surface area contributed by atoms with E-state index in [2.05, 4.69) is 5.32 Å². The molecular weight excluding hydrogens is 347 g/mol. The maximum atomic E-state index is 14.7. The van der Waals surface area contributed by atoms with Crippen LogP contribution < -0.4 is 5.32 Å². The highest BCUT2D eigenvalue weighted by Gasteiger charge is 2.48. The number of hydrogen-bond donors (Lipinski definition) is 1. The molecule has 0 fully saturated rings. The standard InChI is InChI=1S/C19H26F3NO3/c1-11(23-16(25)26-18(5,6)7)12-9-8-10-13(14(12)20)19(21,22)15(24)17(2,3)4/h8-11H,1-7H3,(H,23,25). The van der Waals surface area contributed by atoms with Crippen LogP contribution in [-0.4, -0.2) is 17.5 Å². The SMILES string of the molecule is CC(NC(=O)OC(C)(C)C)c1cccc(C(F)(F)C(=O)C(C)(C)C)c1F. The Kier molecular flexibility index (Phi) is 6.16. The number of ether oxygens (including phenoxy) is 1. The summed E-state index contributed by atoms with van der Waals surface area (Å²) in [4.78, 5) is 23.9. The number of nitrogens with one attached hydrogen (secondary N) is 1. The van der Waals surface area contributed by atoms with Crippen LogP contribution in [0.4, 0.5) is 18.0 Å². The van der Waals surface area contributed by atoms with Gasteiger partial charge in [-0.15, -0.1) is 0 Å². The molecule has 1 amide bonds. The number of hydrogen-bond acceptors (Lipinski definition) is 3. The van der Waals surface area contributed by atoms with Crippen molar-refractivity contribution in [1.29, 1.82) is 0 Å². The fourth-order valence-electron chi connectivity index (χ4n) is 2.28. The number of amides is 1. The minimum Gasteiger partial charge on any atom is -0.444 e.